The monoisotopic (exact) mass is 338 g/mol. The van der Waals surface area contributed by atoms with Crippen LogP contribution in [0.4, 0.5) is 10.2 Å². The molecule has 0 bridgehead atoms. The number of amides is 1. The Kier molecular flexibility index (Phi) is 4.84. The maximum absolute atomic E-state index is 12.9. The molecule has 25 heavy (non-hydrogen) atoms. The summed E-state index contributed by atoms with van der Waals surface area (Å²) in [5, 5.41) is 2.73. The molecular formula is C18H15FN4O2. The van der Waals surface area contributed by atoms with E-state index in [1.54, 1.807) is 24.3 Å². The SMILES string of the molecule is Nc1nccnc1C(=O)NCc1ccc(Oc2ccc(F)cc2)cc1. The summed E-state index contributed by atoms with van der Waals surface area (Å²) < 4.78 is 18.5. The van der Waals surface area contributed by atoms with Crippen LogP contribution >= 0.6 is 0 Å². The van der Waals surface area contributed by atoms with Gasteiger partial charge < -0.3 is 15.8 Å². The number of nitrogens with one attached hydrogen (secondary N) is 1. The summed E-state index contributed by atoms with van der Waals surface area (Å²) in [6.07, 6.45) is 2.83. The third-order valence-electron chi connectivity index (χ3n) is 3.37. The first-order valence-corrected chi connectivity index (χ1v) is 7.49. The van der Waals surface area contributed by atoms with Crippen LogP contribution in [0.1, 0.15) is 16.1 Å². The van der Waals surface area contributed by atoms with Gasteiger partial charge in [0.15, 0.2) is 11.5 Å². The van der Waals surface area contributed by atoms with Crippen molar-refractivity contribution in [1.29, 1.82) is 0 Å². The van der Waals surface area contributed by atoms with Crippen molar-refractivity contribution in [3.05, 3.63) is 78.0 Å². The van der Waals surface area contributed by atoms with Crippen molar-refractivity contribution < 1.29 is 13.9 Å². The Labute approximate surface area is 143 Å². The smallest absolute Gasteiger partial charge is 0.273 e. The highest BCUT2D eigenvalue weighted by atomic mass is 19.1. The molecule has 0 saturated carbocycles. The van der Waals surface area contributed by atoms with Crippen molar-refractivity contribution in [3.8, 4) is 11.5 Å². The van der Waals surface area contributed by atoms with E-state index in [0.717, 1.165) is 5.56 Å². The highest BCUT2D eigenvalue weighted by Crippen LogP contribution is 2.21. The summed E-state index contributed by atoms with van der Waals surface area (Å²) in [6.45, 7) is 0.311. The van der Waals surface area contributed by atoms with Gasteiger partial charge in [-0.25, -0.2) is 14.4 Å². The molecule has 0 aliphatic carbocycles. The second-order valence-electron chi connectivity index (χ2n) is 5.17. The second kappa shape index (κ2) is 7.39. The number of nitrogen functional groups attached to an aromatic ring is 1. The number of hydrogen-bond donors (Lipinski definition) is 2. The van der Waals surface area contributed by atoms with E-state index in [9.17, 15) is 9.18 Å². The quantitative estimate of drug-likeness (QED) is 0.746. The van der Waals surface area contributed by atoms with Crippen molar-refractivity contribution in [2.24, 2.45) is 0 Å². The number of carbonyl (C=O) groups excluding carboxylic acids is 1. The van der Waals surface area contributed by atoms with E-state index < -0.39 is 5.91 Å². The van der Waals surface area contributed by atoms with Gasteiger partial charge in [-0.3, -0.25) is 4.79 Å². The Morgan fingerprint density at radius 3 is 2.24 bits per heavy atom. The summed E-state index contributed by atoms with van der Waals surface area (Å²) in [4.78, 5) is 19.8. The number of aromatic nitrogens is 2. The van der Waals surface area contributed by atoms with E-state index in [-0.39, 0.29) is 17.3 Å². The Hall–Kier alpha value is -3.48. The van der Waals surface area contributed by atoms with Crippen molar-refractivity contribution in [3.63, 3.8) is 0 Å². The van der Waals surface area contributed by atoms with Crippen LogP contribution in [0, 0.1) is 5.82 Å². The van der Waals surface area contributed by atoms with Crippen LogP contribution in [0.2, 0.25) is 0 Å². The zero-order chi connectivity index (χ0) is 17.6. The normalized spacial score (nSPS) is 10.3. The lowest BCUT2D eigenvalue weighted by Gasteiger charge is -2.08. The lowest BCUT2D eigenvalue weighted by atomic mass is 10.2. The predicted octanol–water partition coefficient (Wildman–Crippen LogP) is 2.92. The largest absolute Gasteiger partial charge is 0.457 e. The van der Waals surface area contributed by atoms with Gasteiger partial charge in [0.1, 0.15) is 17.3 Å². The number of hydrogen-bond acceptors (Lipinski definition) is 5. The first-order chi connectivity index (χ1) is 12.1. The van der Waals surface area contributed by atoms with E-state index in [2.05, 4.69) is 15.3 Å². The van der Waals surface area contributed by atoms with Gasteiger partial charge in [-0.05, 0) is 42.0 Å². The molecule has 0 aliphatic heterocycles. The first-order valence-electron chi connectivity index (χ1n) is 7.49. The van der Waals surface area contributed by atoms with Gasteiger partial charge in [0.25, 0.3) is 5.91 Å². The molecule has 3 N–H and O–H groups in total. The number of halogens is 1. The average Bonchev–Trinajstić information content (AvgIpc) is 2.63. The molecule has 0 spiro atoms. The molecule has 126 valence electrons. The minimum absolute atomic E-state index is 0.0862. The number of rotatable bonds is 5. The fourth-order valence-electron chi connectivity index (χ4n) is 2.10. The maximum Gasteiger partial charge on any atom is 0.273 e. The molecule has 0 saturated heterocycles. The van der Waals surface area contributed by atoms with Crippen LogP contribution in [0.5, 0.6) is 11.5 Å². The molecule has 3 aromatic rings. The van der Waals surface area contributed by atoms with Gasteiger partial charge in [0, 0.05) is 18.9 Å². The summed E-state index contributed by atoms with van der Waals surface area (Å²) in [7, 11) is 0. The zero-order valence-electron chi connectivity index (χ0n) is 13.1. The summed E-state index contributed by atoms with van der Waals surface area (Å²) in [5.41, 5.74) is 6.59. The number of ether oxygens (including phenoxy) is 1. The molecule has 0 fully saturated rings. The lowest BCUT2D eigenvalue weighted by molar-refractivity contribution is 0.0946. The number of nitrogens with two attached hydrogens (primary N) is 1. The predicted molar refractivity (Wildman–Crippen MR) is 90.5 cm³/mol. The Morgan fingerprint density at radius 1 is 1.00 bits per heavy atom. The molecule has 1 heterocycles. The molecule has 0 radical (unpaired) electrons. The number of anilines is 1. The van der Waals surface area contributed by atoms with Crippen LogP contribution in [-0.2, 0) is 6.54 Å². The average molecular weight is 338 g/mol. The topological polar surface area (TPSA) is 90.1 Å². The molecule has 3 rings (SSSR count). The molecule has 6 nitrogen and oxygen atoms in total. The summed E-state index contributed by atoms with van der Waals surface area (Å²) >= 11 is 0. The number of benzene rings is 2. The fourth-order valence-corrected chi connectivity index (χ4v) is 2.10. The summed E-state index contributed by atoms with van der Waals surface area (Å²) in [6, 6.07) is 12.9. The molecule has 0 unspecified atom stereocenters. The second-order valence-corrected chi connectivity index (χ2v) is 5.17. The minimum atomic E-state index is -0.391. The molecule has 7 heteroatoms. The number of nitrogens with zero attached hydrogens (tertiary/aromatic N) is 2. The van der Waals surface area contributed by atoms with Gasteiger partial charge in [0.2, 0.25) is 0 Å². The number of carbonyl (C=O) groups is 1. The van der Waals surface area contributed by atoms with E-state index >= 15 is 0 Å². The maximum atomic E-state index is 12.9. The Balaban J connectivity index is 1.58. The van der Waals surface area contributed by atoms with Gasteiger partial charge in [-0.15, -0.1) is 0 Å². The highest BCUT2D eigenvalue weighted by molar-refractivity contribution is 5.96. The van der Waals surface area contributed by atoms with Crippen molar-refractivity contribution >= 4 is 11.7 Å². The molecule has 2 aromatic carbocycles. The van der Waals surface area contributed by atoms with Gasteiger partial charge in [-0.1, -0.05) is 12.1 Å². The Morgan fingerprint density at radius 2 is 1.60 bits per heavy atom. The van der Waals surface area contributed by atoms with Gasteiger partial charge >= 0.3 is 0 Å². The van der Waals surface area contributed by atoms with Crippen LogP contribution in [-0.4, -0.2) is 15.9 Å². The molecular weight excluding hydrogens is 323 g/mol. The highest BCUT2D eigenvalue weighted by Gasteiger charge is 2.11. The third-order valence-corrected chi connectivity index (χ3v) is 3.37. The van der Waals surface area contributed by atoms with Crippen molar-refractivity contribution in [2.45, 2.75) is 6.54 Å². The van der Waals surface area contributed by atoms with Crippen molar-refractivity contribution in [1.82, 2.24) is 15.3 Å². The van der Waals surface area contributed by atoms with Crippen LogP contribution < -0.4 is 15.8 Å². The third kappa shape index (κ3) is 4.29. The van der Waals surface area contributed by atoms with Gasteiger partial charge in [-0.2, -0.15) is 0 Å². The minimum Gasteiger partial charge on any atom is -0.457 e. The van der Waals surface area contributed by atoms with Crippen molar-refractivity contribution in [2.75, 3.05) is 5.73 Å². The molecule has 0 aliphatic rings. The fraction of sp³-hybridized carbons (Fsp3) is 0.0556. The Bertz CT molecular complexity index is 867. The molecule has 0 atom stereocenters. The molecule has 1 amide bonds. The summed E-state index contributed by atoms with van der Waals surface area (Å²) in [5.74, 6) is 0.530. The van der Waals surface area contributed by atoms with Crippen LogP contribution in [0.25, 0.3) is 0 Å². The molecule has 1 aromatic heterocycles. The lowest BCUT2D eigenvalue weighted by Crippen LogP contribution is -2.25. The van der Waals surface area contributed by atoms with Gasteiger partial charge in [0.05, 0.1) is 0 Å². The van der Waals surface area contributed by atoms with E-state index in [4.69, 9.17) is 10.5 Å². The van der Waals surface area contributed by atoms with Crippen LogP contribution in [0.15, 0.2) is 60.9 Å². The van der Waals surface area contributed by atoms with E-state index in [1.165, 1.54) is 24.5 Å². The van der Waals surface area contributed by atoms with E-state index in [0.29, 0.717) is 18.0 Å². The zero-order valence-corrected chi connectivity index (χ0v) is 13.1. The standard InChI is InChI=1S/C18H15FN4O2/c19-13-3-7-15(8-4-13)25-14-5-1-12(2-6-14)11-23-18(24)16-17(20)22-10-9-21-16/h1-10H,11H2,(H2,20,22)(H,23,24). The first kappa shape index (κ1) is 16.4. The van der Waals surface area contributed by atoms with Crippen LogP contribution in [0.3, 0.4) is 0 Å². The van der Waals surface area contributed by atoms with E-state index in [1.807, 2.05) is 12.1 Å².